The average molecular weight is 328 g/mol. The van der Waals surface area contributed by atoms with Gasteiger partial charge in [0, 0.05) is 6.04 Å². The topological polar surface area (TPSA) is 115 Å². The molecule has 1 rings (SSSR count). The lowest BCUT2D eigenvalue weighted by Crippen LogP contribution is -2.26. The summed E-state index contributed by atoms with van der Waals surface area (Å²) in [4.78, 5) is -0.336. The molecule has 1 aromatic rings. The van der Waals surface area contributed by atoms with Crippen LogP contribution in [-0.2, 0) is 20.0 Å². The third kappa shape index (κ3) is 4.43. The van der Waals surface area contributed by atoms with Gasteiger partial charge in [0.05, 0.1) is 10.6 Å². The van der Waals surface area contributed by atoms with Crippen molar-refractivity contribution in [3.05, 3.63) is 29.8 Å². The molecule has 0 saturated carbocycles. The largest absolute Gasteiger partial charge is 0.323 e. The van der Waals surface area contributed by atoms with E-state index in [0.29, 0.717) is 0 Å². The zero-order valence-corrected chi connectivity index (χ0v) is 12.4. The summed E-state index contributed by atoms with van der Waals surface area (Å²) in [6.45, 7) is 1.32. The molecule has 0 radical (unpaired) electrons. The van der Waals surface area contributed by atoms with Crippen molar-refractivity contribution >= 4 is 31.6 Å². The van der Waals surface area contributed by atoms with Gasteiger partial charge in [-0.2, -0.15) is 8.42 Å². The van der Waals surface area contributed by atoms with Crippen molar-refractivity contribution in [3.63, 3.8) is 0 Å². The van der Waals surface area contributed by atoms with Gasteiger partial charge in [-0.25, -0.2) is 8.42 Å². The molecule has 0 aliphatic carbocycles. The number of hydrogen-bond donors (Lipinski definition) is 2. The Morgan fingerprint density at radius 1 is 1.32 bits per heavy atom. The van der Waals surface area contributed by atoms with Gasteiger partial charge in [-0.15, -0.1) is 11.6 Å². The Hall–Kier alpha value is -0.670. The van der Waals surface area contributed by atoms with Crippen LogP contribution in [0.25, 0.3) is 0 Å². The van der Waals surface area contributed by atoms with Gasteiger partial charge in [-0.3, -0.25) is 4.55 Å². The Morgan fingerprint density at radius 2 is 1.89 bits per heavy atom. The van der Waals surface area contributed by atoms with Gasteiger partial charge in [0.1, 0.15) is 4.71 Å². The molecule has 0 aliphatic heterocycles. The summed E-state index contributed by atoms with van der Waals surface area (Å²) in [7, 11) is -7.92. The highest BCUT2D eigenvalue weighted by Crippen LogP contribution is 2.19. The lowest BCUT2D eigenvalue weighted by atomic mass is 10.1. The van der Waals surface area contributed by atoms with Gasteiger partial charge < -0.3 is 5.73 Å². The van der Waals surface area contributed by atoms with Crippen molar-refractivity contribution in [3.8, 4) is 0 Å². The minimum atomic E-state index is -4.35. The highest BCUT2D eigenvalue weighted by Gasteiger charge is 2.23. The molecule has 0 spiro atoms. The first kappa shape index (κ1) is 16.4. The fourth-order valence-electron chi connectivity index (χ4n) is 1.38. The van der Waals surface area contributed by atoms with Crippen molar-refractivity contribution in [2.45, 2.75) is 22.6 Å². The molecular formula is C10H14ClNO5S2. The predicted octanol–water partition coefficient (Wildman–Crippen LogP) is 0.933. The maximum Gasteiger partial charge on any atom is 0.294 e. The highest BCUT2D eigenvalue weighted by atomic mass is 35.5. The van der Waals surface area contributed by atoms with Crippen LogP contribution < -0.4 is 5.73 Å². The van der Waals surface area contributed by atoms with Crippen LogP contribution in [0.5, 0.6) is 0 Å². The Bertz CT molecular complexity index is 654. The molecule has 0 bridgehead atoms. The average Bonchev–Trinajstić information content (AvgIpc) is 2.27. The van der Waals surface area contributed by atoms with E-state index in [9.17, 15) is 16.8 Å². The Morgan fingerprint density at radius 3 is 2.37 bits per heavy atom. The van der Waals surface area contributed by atoms with E-state index < -0.39 is 36.5 Å². The number of alkyl halides is 1. The summed E-state index contributed by atoms with van der Waals surface area (Å²) in [5, 5.41) is 0. The zero-order valence-electron chi connectivity index (χ0n) is 10.0. The van der Waals surface area contributed by atoms with Crippen LogP contribution in [0.2, 0.25) is 0 Å². The SMILES string of the molecule is CC(Cl)S(=O)(=O)CC(N)c1cccc(S(=O)(=O)O)c1. The molecule has 0 saturated heterocycles. The molecule has 0 aromatic heterocycles. The van der Waals surface area contributed by atoms with Crippen molar-refractivity contribution in [1.82, 2.24) is 0 Å². The van der Waals surface area contributed by atoms with Crippen LogP contribution >= 0.6 is 11.6 Å². The van der Waals surface area contributed by atoms with Gasteiger partial charge >= 0.3 is 0 Å². The number of nitrogens with two attached hydrogens (primary N) is 1. The van der Waals surface area contributed by atoms with Crippen molar-refractivity contribution < 1.29 is 21.4 Å². The van der Waals surface area contributed by atoms with Crippen LogP contribution in [0.1, 0.15) is 18.5 Å². The molecule has 19 heavy (non-hydrogen) atoms. The maximum atomic E-state index is 11.6. The monoisotopic (exact) mass is 327 g/mol. The second-order valence-corrected chi connectivity index (χ2v) is 8.73. The number of rotatable bonds is 5. The summed E-state index contributed by atoms with van der Waals surface area (Å²) in [5.41, 5.74) is 6.00. The normalized spacial score (nSPS) is 16.0. The quantitative estimate of drug-likeness (QED) is 0.614. The fourth-order valence-corrected chi connectivity index (χ4v) is 3.10. The molecule has 0 fully saturated rings. The maximum absolute atomic E-state index is 11.6. The molecule has 1 aromatic carbocycles. The molecule has 2 atom stereocenters. The number of halogens is 1. The van der Waals surface area contributed by atoms with Crippen LogP contribution in [0.15, 0.2) is 29.2 Å². The minimum Gasteiger partial charge on any atom is -0.323 e. The zero-order chi connectivity index (χ0) is 14.8. The second kappa shape index (κ2) is 5.76. The third-order valence-corrected chi connectivity index (χ3v) is 5.97. The first-order valence-electron chi connectivity index (χ1n) is 5.22. The lowest BCUT2D eigenvalue weighted by molar-refractivity contribution is 0.483. The van der Waals surface area contributed by atoms with E-state index in [4.69, 9.17) is 21.9 Å². The van der Waals surface area contributed by atoms with Crippen molar-refractivity contribution in [2.24, 2.45) is 5.73 Å². The Kier molecular flexibility index (Phi) is 4.97. The lowest BCUT2D eigenvalue weighted by Gasteiger charge is -2.14. The van der Waals surface area contributed by atoms with E-state index in [0.717, 1.165) is 6.07 Å². The second-order valence-electron chi connectivity index (χ2n) is 4.03. The Balaban J connectivity index is 3.05. The van der Waals surface area contributed by atoms with Gasteiger partial charge in [0.25, 0.3) is 10.1 Å². The third-order valence-electron chi connectivity index (χ3n) is 2.49. The van der Waals surface area contributed by atoms with Crippen LogP contribution in [0, 0.1) is 0 Å². The van der Waals surface area contributed by atoms with Crippen molar-refractivity contribution in [2.75, 3.05) is 5.75 Å². The van der Waals surface area contributed by atoms with E-state index in [-0.39, 0.29) is 10.5 Å². The first-order chi connectivity index (χ1) is 8.54. The van der Waals surface area contributed by atoms with Crippen molar-refractivity contribution in [1.29, 1.82) is 0 Å². The van der Waals surface area contributed by atoms with Gasteiger partial charge in [0.15, 0.2) is 9.84 Å². The first-order valence-corrected chi connectivity index (χ1v) is 8.82. The number of hydrogen-bond acceptors (Lipinski definition) is 5. The van der Waals surface area contributed by atoms with Crippen LogP contribution in [0.3, 0.4) is 0 Å². The fraction of sp³-hybridized carbons (Fsp3) is 0.400. The minimum absolute atomic E-state index is 0.288. The van der Waals surface area contributed by atoms with Gasteiger partial charge in [-0.1, -0.05) is 12.1 Å². The van der Waals surface area contributed by atoms with Gasteiger partial charge in [0.2, 0.25) is 0 Å². The molecule has 0 aliphatic rings. The molecule has 6 nitrogen and oxygen atoms in total. The molecule has 9 heteroatoms. The van der Waals surface area contributed by atoms with E-state index in [1.807, 2.05) is 0 Å². The van der Waals surface area contributed by atoms with Gasteiger partial charge in [-0.05, 0) is 24.6 Å². The molecular weight excluding hydrogens is 314 g/mol. The van der Waals surface area contributed by atoms with Crippen LogP contribution in [-0.4, -0.2) is 31.9 Å². The molecule has 0 amide bonds. The molecule has 2 unspecified atom stereocenters. The molecule has 3 N–H and O–H groups in total. The summed E-state index contributed by atoms with van der Waals surface area (Å²) < 4.78 is 53.0. The molecule has 0 heterocycles. The summed E-state index contributed by atoms with van der Waals surface area (Å²) in [5.74, 6) is -0.410. The highest BCUT2D eigenvalue weighted by molar-refractivity contribution is 7.93. The van der Waals surface area contributed by atoms with E-state index in [1.165, 1.54) is 25.1 Å². The summed E-state index contributed by atoms with van der Waals surface area (Å²) in [6.07, 6.45) is 0. The van der Waals surface area contributed by atoms with E-state index in [2.05, 4.69) is 0 Å². The smallest absolute Gasteiger partial charge is 0.294 e. The van der Waals surface area contributed by atoms with E-state index >= 15 is 0 Å². The Labute approximate surface area is 117 Å². The summed E-state index contributed by atoms with van der Waals surface area (Å²) >= 11 is 5.53. The predicted molar refractivity (Wildman–Crippen MR) is 72.3 cm³/mol. The number of sulfone groups is 1. The standard InChI is InChI=1S/C10H14ClNO5S2/c1-7(11)18(13,14)6-10(12)8-3-2-4-9(5-8)19(15,16)17/h2-5,7,10H,6,12H2,1H3,(H,15,16,17). The van der Waals surface area contributed by atoms with Crippen LogP contribution in [0.4, 0.5) is 0 Å². The summed E-state index contributed by atoms with van der Waals surface area (Å²) in [6, 6.07) is 4.24. The molecule has 108 valence electrons. The van der Waals surface area contributed by atoms with E-state index in [1.54, 1.807) is 0 Å². The number of benzene rings is 1.